The first-order valence-electron chi connectivity index (χ1n) is 9.57. The molecule has 1 N–H and O–H groups in total. The second-order valence-electron chi connectivity index (χ2n) is 6.87. The Morgan fingerprint density at radius 3 is 2.57 bits per heavy atom. The molecule has 1 amide bonds. The lowest BCUT2D eigenvalue weighted by molar-refractivity contribution is -0.128. The van der Waals surface area contributed by atoms with Gasteiger partial charge in [-0.25, -0.2) is 4.79 Å². The molecule has 7 nitrogen and oxygen atoms in total. The fourth-order valence-corrected chi connectivity index (χ4v) is 2.95. The maximum atomic E-state index is 12.9. The molecular weight excluding hydrogens is 384 g/mol. The van der Waals surface area contributed by atoms with Crippen LogP contribution in [-0.2, 0) is 16.1 Å². The van der Waals surface area contributed by atoms with E-state index in [9.17, 15) is 9.59 Å². The number of hydrogen-bond donors (Lipinski definition) is 1. The van der Waals surface area contributed by atoms with E-state index in [4.69, 9.17) is 14.0 Å². The minimum atomic E-state index is -0.959. The number of nitrogens with one attached hydrogen (secondary N) is 1. The summed E-state index contributed by atoms with van der Waals surface area (Å²) in [5.74, 6) is -0.0275. The van der Waals surface area contributed by atoms with Crippen molar-refractivity contribution in [3.8, 4) is 5.75 Å². The van der Waals surface area contributed by atoms with Gasteiger partial charge >= 0.3 is 5.97 Å². The van der Waals surface area contributed by atoms with Gasteiger partial charge in [0.15, 0.2) is 6.10 Å². The molecule has 0 spiro atoms. The van der Waals surface area contributed by atoms with E-state index in [1.165, 1.54) is 6.92 Å². The summed E-state index contributed by atoms with van der Waals surface area (Å²) in [7, 11) is 0. The largest absolute Gasteiger partial charge is 0.488 e. The summed E-state index contributed by atoms with van der Waals surface area (Å²) in [6.07, 6.45) is 0.593. The molecule has 0 aliphatic carbocycles. The van der Waals surface area contributed by atoms with E-state index >= 15 is 0 Å². The van der Waals surface area contributed by atoms with Gasteiger partial charge in [-0.2, -0.15) is 0 Å². The molecule has 1 aromatic heterocycles. The average Bonchev–Trinajstić information content (AvgIpc) is 3.06. The van der Waals surface area contributed by atoms with Crippen LogP contribution in [0.3, 0.4) is 0 Å². The van der Waals surface area contributed by atoms with Crippen LogP contribution in [0.5, 0.6) is 5.75 Å². The van der Waals surface area contributed by atoms with Gasteiger partial charge < -0.3 is 19.3 Å². The van der Waals surface area contributed by atoms with Crippen molar-refractivity contribution in [2.45, 2.75) is 33.5 Å². The van der Waals surface area contributed by atoms with E-state index in [1.54, 1.807) is 25.1 Å². The fourth-order valence-electron chi connectivity index (χ4n) is 2.95. The van der Waals surface area contributed by atoms with Crippen LogP contribution in [0.1, 0.15) is 34.3 Å². The molecule has 0 aliphatic heterocycles. The van der Waals surface area contributed by atoms with Crippen LogP contribution in [0.25, 0.3) is 10.8 Å². The molecule has 30 heavy (non-hydrogen) atoms. The molecule has 7 heteroatoms. The Bertz CT molecular complexity index is 1070. The summed E-state index contributed by atoms with van der Waals surface area (Å²) >= 11 is 0. The van der Waals surface area contributed by atoms with E-state index < -0.39 is 18.0 Å². The van der Waals surface area contributed by atoms with Crippen molar-refractivity contribution in [3.05, 3.63) is 71.6 Å². The second kappa shape index (κ2) is 9.26. The number of fused-ring (bicyclic) bond motifs is 1. The van der Waals surface area contributed by atoms with E-state index in [0.717, 1.165) is 22.0 Å². The lowest BCUT2D eigenvalue weighted by atomic mass is 10.1. The number of carbonyl (C=O) groups excluding carboxylic acids is 2. The Hall–Kier alpha value is -3.61. The zero-order chi connectivity index (χ0) is 21.7. The third kappa shape index (κ3) is 4.68. The molecule has 0 saturated carbocycles. The van der Waals surface area contributed by atoms with Gasteiger partial charge in [0, 0.05) is 6.54 Å². The van der Waals surface area contributed by atoms with E-state index in [0.29, 0.717) is 18.1 Å². The first-order chi connectivity index (χ1) is 14.4. The zero-order valence-electron chi connectivity index (χ0n) is 17.2. The van der Waals surface area contributed by atoms with Crippen LogP contribution in [-0.4, -0.2) is 29.7 Å². The van der Waals surface area contributed by atoms with Crippen molar-refractivity contribution in [2.75, 3.05) is 6.54 Å². The number of aromatic nitrogens is 1. The van der Waals surface area contributed by atoms with Crippen molar-refractivity contribution in [2.24, 2.45) is 0 Å². The number of aryl methyl sites for hydroxylation is 2. The molecular formula is C23H24N2O5. The molecule has 0 unspecified atom stereocenters. The van der Waals surface area contributed by atoms with Crippen LogP contribution >= 0.6 is 0 Å². The van der Waals surface area contributed by atoms with Crippen LogP contribution in [0.2, 0.25) is 0 Å². The molecule has 3 rings (SSSR count). The van der Waals surface area contributed by atoms with Crippen molar-refractivity contribution < 1.29 is 23.6 Å². The van der Waals surface area contributed by atoms with Crippen LogP contribution < -0.4 is 10.1 Å². The number of benzene rings is 2. The standard InChI is InChI=1S/C23H24N2O5/c1-5-10-24-22(26)16(4)29-23(27)19-11-17-8-6-7-9-18(17)12-21(19)28-13-20-14(2)25-30-15(20)3/h5-9,11-12,16H,1,10,13H2,2-4H3,(H,24,26)/t16-/m1/s1. The predicted octanol–water partition coefficient (Wildman–Crippen LogP) is 3.87. The third-order valence-electron chi connectivity index (χ3n) is 4.69. The molecule has 0 radical (unpaired) electrons. The second-order valence-corrected chi connectivity index (χ2v) is 6.87. The first-order valence-corrected chi connectivity index (χ1v) is 9.57. The number of nitrogens with zero attached hydrogens (tertiary/aromatic N) is 1. The summed E-state index contributed by atoms with van der Waals surface area (Å²) in [6, 6.07) is 11.1. The SMILES string of the molecule is C=CCNC(=O)[C@@H](C)OC(=O)c1cc2ccccc2cc1OCc1c(C)noc1C. The molecule has 3 aromatic rings. The van der Waals surface area contributed by atoms with Gasteiger partial charge in [-0.3, -0.25) is 4.79 Å². The van der Waals surface area contributed by atoms with Crippen molar-refractivity contribution in [1.29, 1.82) is 0 Å². The fraction of sp³-hybridized carbons (Fsp3) is 0.261. The lowest BCUT2D eigenvalue weighted by Gasteiger charge is -2.16. The molecule has 1 heterocycles. The van der Waals surface area contributed by atoms with Gasteiger partial charge in [-0.15, -0.1) is 6.58 Å². The van der Waals surface area contributed by atoms with Gasteiger partial charge in [0.25, 0.3) is 5.91 Å². The number of esters is 1. The summed E-state index contributed by atoms with van der Waals surface area (Å²) in [4.78, 5) is 24.9. The summed E-state index contributed by atoms with van der Waals surface area (Å²) in [5, 5.41) is 8.30. The quantitative estimate of drug-likeness (QED) is 0.449. The van der Waals surface area contributed by atoms with E-state index in [2.05, 4.69) is 17.1 Å². The monoisotopic (exact) mass is 408 g/mol. The highest BCUT2D eigenvalue weighted by Gasteiger charge is 2.22. The van der Waals surface area contributed by atoms with Gasteiger partial charge in [0.2, 0.25) is 0 Å². The number of amides is 1. The van der Waals surface area contributed by atoms with Crippen LogP contribution in [0.4, 0.5) is 0 Å². The highest BCUT2D eigenvalue weighted by atomic mass is 16.5. The smallest absolute Gasteiger partial charge is 0.342 e. The molecule has 0 bridgehead atoms. The number of hydrogen-bond acceptors (Lipinski definition) is 6. The predicted molar refractivity (Wildman–Crippen MR) is 112 cm³/mol. The molecule has 0 fully saturated rings. The highest BCUT2D eigenvalue weighted by molar-refractivity contribution is 5.99. The van der Waals surface area contributed by atoms with Crippen molar-refractivity contribution >= 4 is 22.6 Å². The van der Waals surface area contributed by atoms with Crippen LogP contribution in [0.15, 0.2) is 53.6 Å². The molecule has 156 valence electrons. The van der Waals surface area contributed by atoms with Crippen molar-refractivity contribution in [3.63, 3.8) is 0 Å². The lowest BCUT2D eigenvalue weighted by Crippen LogP contribution is -2.35. The topological polar surface area (TPSA) is 90.7 Å². The van der Waals surface area contributed by atoms with Gasteiger partial charge in [-0.05, 0) is 43.7 Å². The maximum absolute atomic E-state index is 12.9. The Morgan fingerprint density at radius 1 is 1.23 bits per heavy atom. The van der Waals surface area contributed by atoms with Crippen molar-refractivity contribution in [1.82, 2.24) is 10.5 Å². The van der Waals surface area contributed by atoms with Crippen LogP contribution in [0, 0.1) is 13.8 Å². The summed E-state index contributed by atoms with van der Waals surface area (Å²) in [5.41, 5.74) is 1.79. The number of ether oxygens (including phenoxy) is 2. The Balaban J connectivity index is 1.87. The third-order valence-corrected chi connectivity index (χ3v) is 4.69. The summed E-state index contributed by atoms with van der Waals surface area (Å²) < 4.78 is 16.5. The van der Waals surface area contributed by atoms with E-state index in [-0.39, 0.29) is 12.2 Å². The average molecular weight is 408 g/mol. The Morgan fingerprint density at radius 2 is 1.93 bits per heavy atom. The van der Waals surface area contributed by atoms with Gasteiger partial charge in [0.05, 0.1) is 11.3 Å². The zero-order valence-corrected chi connectivity index (χ0v) is 17.2. The van der Waals surface area contributed by atoms with E-state index in [1.807, 2.05) is 31.2 Å². The first kappa shape index (κ1) is 21.1. The Labute approximate surface area is 174 Å². The Kier molecular flexibility index (Phi) is 6.51. The summed E-state index contributed by atoms with van der Waals surface area (Å²) in [6.45, 7) is 9.18. The molecule has 2 aromatic carbocycles. The number of rotatable bonds is 8. The molecule has 0 aliphatic rings. The van der Waals surface area contributed by atoms with Gasteiger partial charge in [-0.1, -0.05) is 35.5 Å². The molecule has 0 saturated heterocycles. The maximum Gasteiger partial charge on any atom is 0.342 e. The minimum absolute atomic E-state index is 0.190. The molecule has 1 atom stereocenters. The minimum Gasteiger partial charge on any atom is -0.488 e. The highest BCUT2D eigenvalue weighted by Crippen LogP contribution is 2.28. The van der Waals surface area contributed by atoms with Gasteiger partial charge in [0.1, 0.15) is 23.7 Å². The normalized spacial score (nSPS) is 11.7. The number of carbonyl (C=O) groups is 2.